The second-order valence-electron chi connectivity index (χ2n) is 7.09. The van der Waals surface area contributed by atoms with Gasteiger partial charge in [0.05, 0.1) is 18.6 Å². The van der Waals surface area contributed by atoms with Crippen molar-refractivity contribution in [3.63, 3.8) is 0 Å². The molecule has 1 unspecified atom stereocenters. The third-order valence-corrected chi connectivity index (χ3v) is 4.71. The molecular formula is C22H26N2O3. The zero-order valence-corrected chi connectivity index (χ0v) is 15.9. The molecule has 1 N–H and O–H groups in total. The Kier molecular flexibility index (Phi) is 6.24. The molecule has 0 aliphatic carbocycles. The molecule has 1 heterocycles. The van der Waals surface area contributed by atoms with Gasteiger partial charge in [0, 0.05) is 25.2 Å². The molecule has 1 aliphatic rings. The molecule has 1 fully saturated rings. The number of hydrogen-bond acceptors (Lipinski definition) is 3. The van der Waals surface area contributed by atoms with Crippen LogP contribution in [0, 0.1) is 5.92 Å². The van der Waals surface area contributed by atoms with Gasteiger partial charge in [-0.1, -0.05) is 42.5 Å². The van der Waals surface area contributed by atoms with Crippen LogP contribution < -0.4 is 10.2 Å². The van der Waals surface area contributed by atoms with E-state index in [-0.39, 0.29) is 30.3 Å². The third kappa shape index (κ3) is 4.95. The first-order valence-corrected chi connectivity index (χ1v) is 9.36. The maximum absolute atomic E-state index is 12.6. The molecule has 5 nitrogen and oxygen atoms in total. The minimum Gasteiger partial charge on any atom is -0.374 e. The Labute approximate surface area is 160 Å². The highest BCUT2D eigenvalue weighted by atomic mass is 16.5. The molecule has 1 aliphatic heterocycles. The van der Waals surface area contributed by atoms with Crippen LogP contribution in [0.15, 0.2) is 54.6 Å². The molecule has 3 rings (SSSR count). The molecule has 2 aromatic carbocycles. The van der Waals surface area contributed by atoms with Gasteiger partial charge in [0.2, 0.25) is 11.8 Å². The summed E-state index contributed by atoms with van der Waals surface area (Å²) in [4.78, 5) is 26.6. The summed E-state index contributed by atoms with van der Waals surface area (Å²) in [5.41, 5.74) is 2.95. The molecule has 2 amide bonds. The highest BCUT2D eigenvalue weighted by Gasteiger charge is 2.34. The van der Waals surface area contributed by atoms with Gasteiger partial charge in [0.15, 0.2) is 0 Å². The molecule has 1 atom stereocenters. The van der Waals surface area contributed by atoms with E-state index in [1.165, 1.54) is 0 Å². The molecule has 0 aromatic heterocycles. The van der Waals surface area contributed by atoms with Gasteiger partial charge < -0.3 is 15.0 Å². The van der Waals surface area contributed by atoms with Gasteiger partial charge in [0.25, 0.3) is 0 Å². The van der Waals surface area contributed by atoms with E-state index in [2.05, 4.69) is 5.32 Å². The van der Waals surface area contributed by atoms with Crippen LogP contribution in [0.4, 0.5) is 5.69 Å². The zero-order chi connectivity index (χ0) is 19.2. The van der Waals surface area contributed by atoms with Gasteiger partial charge in [-0.25, -0.2) is 0 Å². The summed E-state index contributed by atoms with van der Waals surface area (Å²) in [5, 5.41) is 2.99. The van der Waals surface area contributed by atoms with Crippen LogP contribution in [-0.2, 0) is 27.5 Å². The maximum Gasteiger partial charge on any atom is 0.227 e. The van der Waals surface area contributed by atoms with Gasteiger partial charge in [-0.2, -0.15) is 0 Å². The van der Waals surface area contributed by atoms with Crippen molar-refractivity contribution in [1.82, 2.24) is 5.32 Å². The Balaban J connectivity index is 1.58. The number of nitrogens with zero attached hydrogens (tertiary/aromatic N) is 1. The number of carbonyl (C=O) groups is 2. The van der Waals surface area contributed by atoms with Crippen molar-refractivity contribution in [2.75, 3.05) is 11.4 Å². The van der Waals surface area contributed by atoms with Crippen molar-refractivity contribution in [2.45, 2.75) is 39.5 Å². The SMILES string of the molecule is CC(C)OCc1ccccc1CNC(=O)C1CC(=O)N(c2ccccc2)C1. The largest absolute Gasteiger partial charge is 0.374 e. The summed E-state index contributed by atoms with van der Waals surface area (Å²) in [6, 6.07) is 17.4. The Morgan fingerprint density at radius 1 is 1.11 bits per heavy atom. The van der Waals surface area contributed by atoms with Crippen molar-refractivity contribution < 1.29 is 14.3 Å². The monoisotopic (exact) mass is 366 g/mol. The molecule has 0 spiro atoms. The highest BCUT2D eigenvalue weighted by Crippen LogP contribution is 2.25. The van der Waals surface area contributed by atoms with E-state index in [1.54, 1.807) is 4.90 Å². The van der Waals surface area contributed by atoms with Gasteiger partial charge >= 0.3 is 0 Å². The summed E-state index contributed by atoms with van der Waals surface area (Å²) >= 11 is 0. The first-order valence-electron chi connectivity index (χ1n) is 9.36. The first kappa shape index (κ1) is 19.1. The lowest BCUT2D eigenvalue weighted by atomic mass is 10.1. The Morgan fingerprint density at radius 2 is 1.78 bits per heavy atom. The van der Waals surface area contributed by atoms with E-state index < -0.39 is 0 Å². The molecule has 0 saturated carbocycles. The summed E-state index contributed by atoms with van der Waals surface area (Å²) < 4.78 is 5.69. The lowest BCUT2D eigenvalue weighted by Crippen LogP contribution is -2.32. The Morgan fingerprint density at radius 3 is 2.48 bits per heavy atom. The van der Waals surface area contributed by atoms with Gasteiger partial charge in [-0.15, -0.1) is 0 Å². The van der Waals surface area contributed by atoms with Crippen LogP contribution in [0.1, 0.15) is 31.4 Å². The van der Waals surface area contributed by atoms with E-state index in [0.717, 1.165) is 16.8 Å². The third-order valence-electron chi connectivity index (χ3n) is 4.71. The molecule has 1 saturated heterocycles. The smallest absolute Gasteiger partial charge is 0.227 e. The first-order chi connectivity index (χ1) is 13.0. The fraction of sp³-hybridized carbons (Fsp3) is 0.364. The summed E-state index contributed by atoms with van der Waals surface area (Å²) in [5.74, 6) is -0.412. The fourth-order valence-electron chi connectivity index (χ4n) is 3.19. The summed E-state index contributed by atoms with van der Waals surface area (Å²) in [6.45, 7) is 5.38. The lowest BCUT2D eigenvalue weighted by Gasteiger charge is -2.17. The lowest BCUT2D eigenvalue weighted by molar-refractivity contribution is -0.126. The summed E-state index contributed by atoms with van der Waals surface area (Å²) in [7, 11) is 0. The number of anilines is 1. The Bertz CT molecular complexity index is 789. The highest BCUT2D eigenvalue weighted by molar-refractivity contribution is 6.00. The number of rotatable bonds is 7. The Hall–Kier alpha value is -2.66. The van der Waals surface area contributed by atoms with Gasteiger partial charge in [0.1, 0.15) is 0 Å². The van der Waals surface area contributed by atoms with Gasteiger partial charge in [-0.05, 0) is 37.1 Å². The molecule has 27 heavy (non-hydrogen) atoms. The van der Waals surface area contributed by atoms with Crippen molar-refractivity contribution in [3.05, 3.63) is 65.7 Å². The number of ether oxygens (including phenoxy) is 1. The van der Waals surface area contributed by atoms with Crippen molar-refractivity contribution in [3.8, 4) is 0 Å². The number of benzene rings is 2. The van der Waals surface area contributed by atoms with Gasteiger partial charge in [-0.3, -0.25) is 9.59 Å². The van der Waals surface area contributed by atoms with E-state index in [1.807, 2.05) is 68.4 Å². The van der Waals surface area contributed by atoms with E-state index >= 15 is 0 Å². The normalized spacial score (nSPS) is 16.8. The van der Waals surface area contributed by atoms with Crippen LogP contribution in [0.25, 0.3) is 0 Å². The van der Waals surface area contributed by atoms with Crippen LogP contribution in [-0.4, -0.2) is 24.5 Å². The average molecular weight is 366 g/mol. The number of carbonyl (C=O) groups excluding carboxylic acids is 2. The molecule has 0 bridgehead atoms. The maximum atomic E-state index is 12.6. The molecule has 0 radical (unpaired) electrons. The van der Waals surface area contributed by atoms with Crippen molar-refractivity contribution >= 4 is 17.5 Å². The molecular weight excluding hydrogens is 340 g/mol. The number of para-hydroxylation sites is 1. The minimum absolute atomic E-state index is 0.00733. The number of nitrogens with one attached hydrogen (secondary N) is 1. The van der Waals surface area contributed by atoms with Crippen LogP contribution in [0.3, 0.4) is 0 Å². The van der Waals surface area contributed by atoms with E-state index in [4.69, 9.17) is 4.74 Å². The number of hydrogen-bond donors (Lipinski definition) is 1. The molecule has 142 valence electrons. The molecule has 5 heteroatoms. The molecule has 2 aromatic rings. The van der Waals surface area contributed by atoms with Crippen LogP contribution in [0.2, 0.25) is 0 Å². The quantitative estimate of drug-likeness (QED) is 0.818. The predicted molar refractivity (Wildman–Crippen MR) is 105 cm³/mol. The van der Waals surface area contributed by atoms with Crippen LogP contribution >= 0.6 is 0 Å². The topological polar surface area (TPSA) is 58.6 Å². The van der Waals surface area contributed by atoms with E-state index in [0.29, 0.717) is 19.7 Å². The van der Waals surface area contributed by atoms with Crippen molar-refractivity contribution in [1.29, 1.82) is 0 Å². The standard InChI is InChI=1S/C22H26N2O3/c1-16(2)27-15-18-9-7-6-8-17(18)13-23-22(26)19-12-21(25)24(14-19)20-10-4-3-5-11-20/h3-11,16,19H,12-15H2,1-2H3,(H,23,26). The second-order valence-corrected chi connectivity index (χ2v) is 7.09. The average Bonchev–Trinajstić information content (AvgIpc) is 3.07. The van der Waals surface area contributed by atoms with Crippen molar-refractivity contribution in [2.24, 2.45) is 5.92 Å². The van der Waals surface area contributed by atoms with Crippen LogP contribution in [0.5, 0.6) is 0 Å². The van der Waals surface area contributed by atoms with E-state index in [9.17, 15) is 9.59 Å². The second kappa shape index (κ2) is 8.82. The summed E-state index contributed by atoms with van der Waals surface area (Å²) in [6.07, 6.45) is 0.403. The predicted octanol–water partition coefficient (Wildman–Crippen LogP) is 3.28. The minimum atomic E-state index is -0.322. The number of amides is 2. The fourth-order valence-corrected chi connectivity index (χ4v) is 3.19. The zero-order valence-electron chi connectivity index (χ0n) is 15.9.